The first-order chi connectivity index (χ1) is 8.53. The van der Waals surface area contributed by atoms with E-state index < -0.39 is 10.2 Å². The van der Waals surface area contributed by atoms with Crippen molar-refractivity contribution in [2.24, 2.45) is 11.1 Å². The Labute approximate surface area is 112 Å². The van der Waals surface area contributed by atoms with Crippen molar-refractivity contribution in [2.45, 2.75) is 6.42 Å². The summed E-state index contributed by atoms with van der Waals surface area (Å²) in [4.78, 5) is 0. The second kappa shape index (κ2) is 5.81. The van der Waals surface area contributed by atoms with Gasteiger partial charge in [-0.2, -0.15) is 20.2 Å². The summed E-state index contributed by atoms with van der Waals surface area (Å²) in [6.07, 6.45) is 1.24. The van der Waals surface area contributed by atoms with Crippen LogP contribution in [-0.4, -0.2) is 26.5 Å². The Bertz CT molecular complexity index is 499. The molecule has 0 bridgehead atoms. The van der Waals surface area contributed by atoms with Gasteiger partial charge in [0, 0.05) is 12.2 Å². The molecule has 1 aliphatic heterocycles. The third kappa shape index (κ3) is 4.40. The van der Waals surface area contributed by atoms with Crippen LogP contribution in [0.15, 0.2) is 24.3 Å². The molecule has 2 rings (SSSR count). The van der Waals surface area contributed by atoms with E-state index in [1.807, 2.05) is 17.8 Å². The molecule has 0 radical (unpaired) electrons. The molecule has 18 heavy (non-hydrogen) atoms. The molecule has 1 fully saturated rings. The summed E-state index contributed by atoms with van der Waals surface area (Å²) < 4.78 is 24.1. The highest BCUT2D eigenvalue weighted by Gasteiger charge is 2.14. The smallest absolute Gasteiger partial charge is 0.296 e. The molecule has 0 spiro atoms. The molecule has 7 heteroatoms. The van der Waals surface area contributed by atoms with Gasteiger partial charge in [-0.25, -0.2) is 5.14 Å². The molecule has 4 N–H and O–H groups in total. The van der Waals surface area contributed by atoms with Crippen LogP contribution in [0.4, 0.5) is 11.4 Å². The second-order valence-corrected chi connectivity index (χ2v) is 6.78. The van der Waals surface area contributed by atoms with Gasteiger partial charge in [0.05, 0.1) is 5.69 Å². The third-order valence-corrected chi connectivity index (χ3v) is 4.49. The lowest BCUT2D eigenvalue weighted by Gasteiger charge is -2.12. The summed E-state index contributed by atoms with van der Waals surface area (Å²) in [5.41, 5.74) is 1.38. The normalized spacial score (nSPS) is 19.7. The Kier molecular flexibility index (Phi) is 4.36. The third-order valence-electron chi connectivity index (χ3n) is 2.74. The SMILES string of the molecule is NS(=O)(=O)Nc1cccc(NCC2CCSC2)c1. The van der Waals surface area contributed by atoms with E-state index in [1.54, 1.807) is 18.2 Å². The molecule has 0 saturated carbocycles. The minimum atomic E-state index is -3.71. The van der Waals surface area contributed by atoms with Gasteiger partial charge in [0.1, 0.15) is 0 Å². The summed E-state index contributed by atoms with van der Waals surface area (Å²) in [6.45, 7) is 0.922. The van der Waals surface area contributed by atoms with Gasteiger partial charge in [0.2, 0.25) is 0 Å². The van der Waals surface area contributed by atoms with Gasteiger partial charge >= 0.3 is 0 Å². The van der Waals surface area contributed by atoms with E-state index in [2.05, 4.69) is 10.0 Å². The molecule has 1 aromatic carbocycles. The van der Waals surface area contributed by atoms with Gasteiger partial charge in [-0.05, 0) is 42.0 Å². The maximum Gasteiger partial charge on any atom is 0.296 e. The zero-order chi connectivity index (χ0) is 13.0. The maximum atomic E-state index is 10.9. The van der Waals surface area contributed by atoms with Gasteiger partial charge in [-0.1, -0.05) is 6.07 Å². The predicted octanol–water partition coefficient (Wildman–Crippen LogP) is 1.47. The van der Waals surface area contributed by atoms with Crippen LogP contribution in [0.2, 0.25) is 0 Å². The molecule has 1 unspecified atom stereocenters. The van der Waals surface area contributed by atoms with E-state index in [9.17, 15) is 8.42 Å². The molecule has 5 nitrogen and oxygen atoms in total. The van der Waals surface area contributed by atoms with Crippen LogP contribution in [0.3, 0.4) is 0 Å². The van der Waals surface area contributed by atoms with Gasteiger partial charge in [-0.3, -0.25) is 4.72 Å². The molecular formula is C11H17N3O2S2. The van der Waals surface area contributed by atoms with Crippen LogP contribution in [0.1, 0.15) is 6.42 Å². The van der Waals surface area contributed by atoms with E-state index in [-0.39, 0.29) is 0 Å². The number of nitrogens with one attached hydrogen (secondary N) is 2. The standard InChI is InChI=1S/C11H17N3O2S2/c12-18(15,16)14-11-3-1-2-10(6-11)13-7-9-4-5-17-8-9/h1-3,6,9,13-14H,4-5,7-8H2,(H2,12,15,16). The van der Waals surface area contributed by atoms with Gasteiger partial charge in [0.25, 0.3) is 10.2 Å². The van der Waals surface area contributed by atoms with Crippen LogP contribution in [0.25, 0.3) is 0 Å². The monoisotopic (exact) mass is 287 g/mol. The number of benzene rings is 1. The zero-order valence-electron chi connectivity index (χ0n) is 9.93. The average molecular weight is 287 g/mol. The highest BCUT2D eigenvalue weighted by molar-refractivity contribution is 7.99. The van der Waals surface area contributed by atoms with Crippen molar-refractivity contribution in [1.29, 1.82) is 0 Å². The molecule has 0 aliphatic carbocycles. The Morgan fingerprint density at radius 3 is 2.83 bits per heavy atom. The molecule has 0 amide bonds. The van der Waals surface area contributed by atoms with Crippen LogP contribution in [-0.2, 0) is 10.2 Å². The molecule has 1 aromatic rings. The van der Waals surface area contributed by atoms with Crippen molar-refractivity contribution in [1.82, 2.24) is 0 Å². The fourth-order valence-electron chi connectivity index (χ4n) is 1.86. The maximum absolute atomic E-state index is 10.9. The van der Waals surface area contributed by atoms with Crippen molar-refractivity contribution < 1.29 is 8.42 Å². The first kappa shape index (κ1) is 13.5. The van der Waals surface area contributed by atoms with Crippen molar-refractivity contribution in [3.05, 3.63) is 24.3 Å². The number of rotatable bonds is 5. The predicted molar refractivity (Wildman–Crippen MR) is 77.1 cm³/mol. The highest BCUT2D eigenvalue weighted by Crippen LogP contribution is 2.24. The number of hydrogen-bond acceptors (Lipinski definition) is 4. The molecule has 0 aromatic heterocycles. The van der Waals surface area contributed by atoms with E-state index in [0.29, 0.717) is 11.6 Å². The van der Waals surface area contributed by atoms with Crippen molar-refractivity contribution in [3.63, 3.8) is 0 Å². The largest absolute Gasteiger partial charge is 0.385 e. The van der Waals surface area contributed by atoms with Crippen molar-refractivity contribution in [3.8, 4) is 0 Å². The van der Waals surface area contributed by atoms with Crippen LogP contribution >= 0.6 is 11.8 Å². The summed E-state index contributed by atoms with van der Waals surface area (Å²) in [5, 5.41) is 8.25. The van der Waals surface area contributed by atoms with Crippen LogP contribution in [0.5, 0.6) is 0 Å². The highest BCUT2D eigenvalue weighted by atomic mass is 32.2. The summed E-state index contributed by atoms with van der Waals surface area (Å²) >= 11 is 1.98. The minimum absolute atomic E-state index is 0.475. The van der Waals surface area contributed by atoms with Crippen LogP contribution in [0, 0.1) is 5.92 Å². The van der Waals surface area contributed by atoms with Gasteiger partial charge in [0.15, 0.2) is 0 Å². The topological polar surface area (TPSA) is 84.2 Å². The number of anilines is 2. The fourth-order valence-corrected chi connectivity index (χ4v) is 3.60. The van der Waals surface area contributed by atoms with Crippen molar-refractivity contribution in [2.75, 3.05) is 28.1 Å². The van der Waals surface area contributed by atoms with Gasteiger partial charge < -0.3 is 5.32 Å². The molecule has 1 aliphatic rings. The van der Waals surface area contributed by atoms with Crippen molar-refractivity contribution >= 4 is 33.3 Å². The summed E-state index contributed by atoms with van der Waals surface area (Å²) in [6, 6.07) is 7.11. The Balaban J connectivity index is 1.94. The van der Waals surface area contributed by atoms with E-state index in [1.165, 1.54) is 17.9 Å². The minimum Gasteiger partial charge on any atom is -0.385 e. The lowest BCUT2D eigenvalue weighted by molar-refractivity contribution is 0.603. The number of nitrogens with two attached hydrogens (primary N) is 1. The average Bonchev–Trinajstić information content (AvgIpc) is 2.77. The zero-order valence-corrected chi connectivity index (χ0v) is 11.6. The molecule has 1 saturated heterocycles. The number of thioether (sulfide) groups is 1. The first-order valence-electron chi connectivity index (χ1n) is 5.75. The fraction of sp³-hybridized carbons (Fsp3) is 0.455. The van der Waals surface area contributed by atoms with E-state index >= 15 is 0 Å². The lowest BCUT2D eigenvalue weighted by atomic mass is 10.1. The Morgan fingerprint density at radius 2 is 2.17 bits per heavy atom. The number of hydrogen-bond donors (Lipinski definition) is 3. The molecule has 1 heterocycles. The summed E-state index contributed by atoms with van der Waals surface area (Å²) in [5.74, 6) is 3.13. The van der Waals surface area contributed by atoms with Crippen LogP contribution < -0.4 is 15.2 Å². The Morgan fingerprint density at radius 1 is 1.39 bits per heavy atom. The summed E-state index contributed by atoms with van der Waals surface area (Å²) in [7, 11) is -3.71. The van der Waals surface area contributed by atoms with E-state index in [4.69, 9.17) is 5.14 Å². The molecular weight excluding hydrogens is 270 g/mol. The quantitative estimate of drug-likeness (QED) is 0.765. The first-order valence-corrected chi connectivity index (χ1v) is 8.45. The second-order valence-electron chi connectivity index (χ2n) is 4.34. The Hall–Kier alpha value is -0.920. The van der Waals surface area contributed by atoms with Gasteiger partial charge in [-0.15, -0.1) is 0 Å². The molecule has 1 atom stereocenters. The lowest BCUT2D eigenvalue weighted by Crippen LogP contribution is -2.21. The van der Waals surface area contributed by atoms with E-state index in [0.717, 1.165) is 12.2 Å². The molecule has 100 valence electrons.